The first-order chi connectivity index (χ1) is 17.5. The van der Waals surface area contributed by atoms with Crippen molar-refractivity contribution in [2.24, 2.45) is 4.99 Å². The Hall–Kier alpha value is -3.57. The van der Waals surface area contributed by atoms with Gasteiger partial charge in [0.05, 0.1) is 31.0 Å². The Labute approximate surface area is 210 Å². The van der Waals surface area contributed by atoms with E-state index in [0.717, 1.165) is 51.0 Å². The fourth-order valence-corrected chi connectivity index (χ4v) is 4.28. The van der Waals surface area contributed by atoms with Crippen LogP contribution in [0.5, 0.6) is 0 Å². The van der Waals surface area contributed by atoms with Crippen molar-refractivity contribution in [1.82, 2.24) is 14.8 Å². The van der Waals surface area contributed by atoms with Crippen LogP contribution in [0, 0.1) is 10.1 Å². The zero-order valence-corrected chi connectivity index (χ0v) is 20.5. The lowest BCUT2D eigenvalue weighted by Gasteiger charge is -2.33. The van der Waals surface area contributed by atoms with Gasteiger partial charge in [0.2, 0.25) is 11.8 Å². The Bertz CT molecular complexity index is 1090. The zero-order chi connectivity index (χ0) is 25.3. The minimum atomic E-state index is -0.767. The molecule has 1 amide bonds. The van der Waals surface area contributed by atoms with Crippen LogP contribution in [0.2, 0.25) is 0 Å². The number of nitrogens with zero attached hydrogens (tertiary/aromatic N) is 6. The molecule has 1 aromatic heterocycles. The molecular formula is C25H32N6O5. The smallest absolute Gasteiger partial charge is 0.294 e. The van der Waals surface area contributed by atoms with Crippen molar-refractivity contribution in [1.29, 1.82) is 0 Å². The lowest BCUT2D eigenvalue weighted by Crippen LogP contribution is -2.48. The predicted octanol–water partition coefficient (Wildman–Crippen LogP) is 3.17. The minimum absolute atomic E-state index is 0.0552. The van der Waals surface area contributed by atoms with Crippen molar-refractivity contribution < 1.29 is 19.5 Å². The van der Waals surface area contributed by atoms with E-state index < -0.39 is 5.09 Å². The van der Waals surface area contributed by atoms with Crippen LogP contribution >= 0.6 is 0 Å². The average Bonchev–Trinajstić information content (AvgIpc) is 3.01. The number of carbonyl (C=O) groups excluding carboxylic acids is 1. The molecule has 0 aliphatic carbocycles. The van der Waals surface area contributed by atoms with Gasteiger partial charge in [0.15, 0.2) is 5.82 Å². The van der Waals surface area contributed by atoms with Crippen molar-refractivity contribution in [3.05, 3.63) is 58.3 Å². The van der Waals surface area contributed by atoms with Gasteiger partial charge in [0, 0.05) is 32.4 Å². The number of likely N-dealkylation sites (N-methyl/N-ethyl adjacent to an activating group) is 1. The monoisotopic (exact) mass is 496 g/mol. The van der Waals surface area contributed by atoms with Gasteiger partial charge in [-0.15, -0.1) is 10.1 Å². The summed E-state index contributed by atoms with van der Waals surface area (Å²) < 4.78 is 6.11. The van der Waals surface area contributed by atoms with Crippen LogP contribution in [-0.4, -0.2) is 84.7 Å². The molecule has 1 fully saturated rings. The highest BCUT2D eigenvalue weighted by atomic mass is 16.9. The van der Waals surface area contributed by atoms with Gasteiger partial charge in [-0.2, -0.15) is 0 Å². The normalized spacial score (nSPS) is 15.9. The number of hydrogen-bond acceptors (Lipinski definition) is 9. The number of aromatic nitrogens is 1. The van der Waals surface area contributed by atoms with Crippen molar-refractivity contribution in [2.75, 3.05) is 57.9 Å². The summed E-state index contributed by atoms with van der Waals surface area (Å²) >= 11 is 0. The number of benzene rings is 1. The summed E-state index contributed by atoms with van der Waals surface area (Å²) in [5, 5.41) is 9.45. The number of carbonyl (C=O) groups is 1. The largest absolute Gasteiger partial charge is 0.477 e. The van der Waals surface area contributed by atoms with Crippen molar-refractivity contribution in [3.8, 4) is 0 Å². The maximum Gasteiger partial charge on any atom is 0.294 e. The van der Waals surface area contributed by atoms with Crippen LogP contribution in [0.15, 0.2) is 47.6 Å². The Balaban J connectivity index is 1.47. The number of aliphatic imine (C=N–C) groups is 1. The highest BCUT2D eigenvalue weighted by molar-refractivity contribution is 6.12. The first kappa shape index (κ1) is 25.5. The summed E-state index contributed by atoms with van der Waals surface area (Å²) in [6, 6.07) is 11.2. The molecule has 0 atom stereocenters. The fraction of sp³-hybridized carbons (Fsp3) is 0.480. The molecule has 4 rings (SSSR count). The number of ether oxygens (including phenoxy) is 1. The highest BCUT2D eigenvalue weighted by Gasteiger charge is 2.30. The SMILES string of the molecule is CN1CCN(CC(=O)N2c3ccccc3C(OCCCCCCO[N+](=O)[O-])=Nc3cccnc32)CC1. The third-order valence-corrected chi connectivity index (χ3v) is 6.25. The summed E-state index contributed by atoms with van der Waals surface area (Å²) in [4.78, 5) is 43.6. The molecule has 0 spiro atoms. The van der Waals surface area contributed by atoms with Crippen LogP contribution in [0.25, 0.3) is 0 Å². The maximum absolute atomic E-state index is 13.6. The third kappa shape index (κ3) is 6.55. The Morgan fingerprint density at radius 1 is 1.03 bits per heavy atom. The molecule has 0 radical (unpaired) electrons. The quantitative estimate of drug-likeness (QED) is 0.280. The van der Waals surface area contributed by atoms with Crippen molar-refractivity contribution >= 4 is 29.0 Å². The molecule has 1 aromatic carbocycles. The van der Waals surface area contributed by atoms with E-state index in [-0.39, 0.29) is 12.5 Å². The molecule has 2 aliphatic rings. The van der Waals surface area contributed by atoms with Crippen molar-refractivity contribution in [2.45, 2.75) is 25.7 Å². The molecule has 2 aliphatic heterocycles. The van der Waals surface area contributed by atoms with E-state index in [0.29, 0.717) is 42.7 Å². The Morgan fingerprint density at radius 2 is 1.78 bits per heavy atom. The van der Waals surface area contributed by atoms with Gasteiger partial charge in [-0.05, 0) is 50.6 Å². The number of para-hydroxylation sites is 1. The van der Waals surface area contributed by atoms with E-state index in [9.17, 15) is 14.9 Å². The molecule has 3 heterocycles. The second-order valence-electron chi connectivity index (χ2n) is 8.91. The van der Waals surface area contributed by atoms with Gasteiger partial charge in [0.25, 0.3) is 5.09 Å². The number of rotatable bonds is 10. The summed E-state index contributed by atoms with van der Waals surface area (Å²) in [5.74, 6) is 0.889. The summed E-state index contributed by atoms with van der Waals surface area (Å²) in [6.07, 6.45) is 4.72. The van der Waals surface area contributed by atoms with Crippen molar-refractivity contribution in [3.63, 3.8) is 0 Å². The third-order valence-electron chi connectivity index (χ3n) is 6.25. The number of amides is 1. The summed E-state index contributed by atoms with van der Waals surface area (Å²) in [7, 11) is 2.09. The fourth-order valence-electron chi connectivity index (χ4n) is 4.28. The van der Waals surface area contributed by atoms with Gasteiger partial charge in [0.1, 0.15) is 5.69 Å². The first-order valence-electron chi connectivity index (χ1n) is 12.3. The Kier molecular flexibility index (Phi) is 8.80. The zero-order valence-electron chi connectivity index (χ0n) is 20.5. The van der Waals surface area contributed by atoms with Gasteiger partial charge in [-0.1, -0.05) is 18.6 Å². The van der Waals surface area contributed by atoms with Gasteiger partial charge in [-0.3, -0.25) is 14.6 Å². The lowest BCUT2D eigenvalue weighted by atomic mass is 10.1. The predicted molar refractivity (Wildman–Crippen MR) is 135 cm³/mol. The molecule has 0 N–H and O–H groups in total. The maximum atomic E-state index is 13.6. The number of fused-ring (bicyclic) bond motifs is 2. The van der Waals surface area contributed by atoms with Gasteiger partial charge in [-0.25, -0.2) is 9.98 Å². The number of unbranched alkanes of at least 4 members (excludes halogenated alkanes) is 3. The lowest BCUT2D eigenvalue weighted by molar-refractivity contribution is -0.757. The van der Waals surface area contributed by atoms with Crippen LogP contribution in [0.4, 0.5) is 17.2 Å². The molecule has 192 valence electrons. The van der Waals surface area contributed by atoms with Gasteiger partial charge >= 0.3 is 0 Å². The van der Waals surface area contributed by atoms with Gasteiger partial charge < -0.3 is 14.5 Å². The number of piperazine rings is 1. The van der Waals surface area contributed by atoms with E-state index >= 15 is 0 Å². The first-order valence-corrected chi connectivity index (χ1v) is 12.3. The van der Waals surface area contributed by atoms with E-state index in [1.54, 1.807) is 17.2 Å². The number of anilines is 2. The van der Waals surface area contributed by atoms with Crippen LogP contribution in [0.1, 0.15) is 31.2 Å². The van der Waals surface area contributed by atoms with Crippen LogP contribution in [-0.2, 0) is 14.4 Å². The second kappa shape index (κ2) is 12.4. The summed E-state index contributed by atoms with van der Waals surface area (Å²) in [6.45, 7) is 4.40. The molecule has 2 aromatic rings. The number of hydrogen-bond donors (Lipinski definition) is 0. The van der Waals surface area contributed by atoms with E-state index in [2.05, 4.69) is 26.7 Å². The average molecular weight is 497 g/mol. The Morgan fingerprint density at radius 3 is 2.56 bits per heavy atom. The molecular weight excluding hydrogens is 464 g/mol. The molecule has 11 nitrogen and oxygen atoms in total. The molecule has 1 saturated heterocycles. The molecule has 11 heteroatoms. The molecule has 0 bridgehead atoms. The van der Waals surface area contributed by atoms with E-state index in [4.69, 9.17) is 9.73 Å². The molecule has 0 saturated carbocycles. The van der Waals surface area contributed by atoms with E-state index in [1.807, 2.05) is 30.3 Å². The van der Waals surface area contributed by atoms with Crippen LogP contribution < -0.4 is 4.90 Å². The standard InChI is InChI=1S/C25H32N6O5/c1-28-13-15-29(16-14-28)19-23(32)30-22-11-5-4-9-20(22)25(27-21-10-8-12-26-24(21)30)35-17-6-2-3-7-18-36-31(33)34/h4-5,8-12H,2-3,6-7,13-19H2,1H3. The van der Waals surface area contributed by atoms with E-state index in [1.165, 1.54) is 0 Å². The number of pyridine rings is 1. The van der Waals surface area contributed by atoms with Crippen LogP contribution in [0.3, 0.4) is 0 Å². The molecule has 0 unspecified atom stereocenters. The highest BCUT2D eigenvalue weighted by Crippen LogP contribution is 2.38. The topological polar surface area (TPSA) is 114 Å². The molecule has 36 heavy (non-hydrogen) atoms. The summed E-state index contributed by atoms with van der Waals surface area (Å²) in [5.41, 5.74) is 2.01. The minimum Gasteiger partial charge on any atom is -0.477 e. The second-order valence-corrected chi connectivity index (χ2v) is 8.91.